The van der Waals surface area contributed by atoms with Crippen molar-refractivity contribution >= 4 is 6.01 Å². The van der Waals surface area contributed by atoms with Gasteiger partial charge in [-0.05, 0) is 45.1 Å². The fourth-order valence-electron chi connectivity index (χ4n) is 2.93. The molecule has 5 heteroatoms. The second kappa shape index (κ2) is 6.57. The van der Waals surface area contributed by atoms with Crippen LogP contribution in [0.15, 0.2) is 4.42 Å². The maximum Gasteiger partial charge on any atom is 0.318 e. The Labute approximate surface area is 122 Å². The number of anilines is 1. The smallest absolute Gasteiger partial charge is 0.318 e. The van der Waals surface area contributed by atoms with E-state index >= 15 is 0 Å². The van der Waals surface area contributed by atoms with Crippen LogP contribution in [0.4, 0.5) is 6.01 Å². The molecule has 4 unspecified atom stereocenters. The maximum absolute atomic E-state index is 5.89. The first-order chi connectivity index (χ1) is 9.52. The van der Waals surface area contributed by atoms with Crippen molar-refractivity contribution in [3.63, 3.8) is 0 Å². The van der Waals surface area contributed by atoms with Gasteiger partial charge in [0, 0.05) is 12.6 Å². The van der Waals surface area contributed by atoms with Gasteiger partial charge in [-0.3, -0.25) is 0 Å². The summed E-state index contributed by atoms with van der Waals surface area (Å²) in [6.07, 6.45) is 2.37. The third kappa shape index (κ3) is 3.32. The Hall–Kier alpha value is -1.10. The largest absolute Gasteiger partial charge is 0.406 e. The number of nitrogens with one attached hydrogen (secondary N) is 1. The summed E-state index contributed by atoms with van der Waals surface area (Å²) < 4.78 is 5.89. The summed E-state index contributed by atoms with van der Waals surface area (Å²) in [5.41, 5.74) is 0. The van der Waals surface area contributed by atoms with Gasteiger partial charge in [-0.2, -0.15) is 0 Å². The second-order valence-electron chi connectivity index (χ2n) is 6.31. The molecule has 0 aromatic carbocycles. The minimum absolute atomic E-state index is 0.117. The summed E-state index contributed by atoms with van der Waals surface area (Å²) >= 11 is 0. The van der Waals surface area contributed by atoms with E-state index in [1.54, 1.807) is 0 Å². The fourth-order valence-corrected chi connectivity index (χ4v) is 2.93. The third-order valence-corrected chi connectivity index (χ3v) is 4.34. The average Bonchev–Trinajstić information content (AvgIpc) is 2.89. The summed E-state index contributed by atoms with van der Waals surface area (Å²) in [6, 6.07) is 1.25. The van der Waals surface area contributed by atoms with Crippen LogP contribution in [-0.4, -0.2) is 29.3 Å². The molecule has 0 spiro atoms. The van der Waals surface area contributed by atoms with Crippen molar-refractivity contribution in [3.8, 4) is 0 Å². The second-order valence-corrected chi connectivity index (χ2v) is 6.31. The molecule has 114 valence electrons. The van der Waals surface area contributed by atoms with E-state index in [2.05, 4.69) is 55.0 Å². The molecule has 1 aliphatic rings. The molecule has 1 N–H and O–H groups in total. The Morgan fingerprint density at radius 1 is 1.35 bits per heavy atom. The van der Waals surface area contributed by atoms with Crippen molar-refractivity contribution in [2.45, 2.75) is 59.5 Å². The highest BCUT2D eigenvalue weighted by atomic mass is 16.4. The number of nitrogens with zero attached hydrogens (tertiary/aromatic N) is 3. The first-order valence-corrected chi connectivity index (χ1v) is 7.86. The average molecular weight is 280 g/mol. The van der Waals surface area contributed by atoms with Crippen LogP contribution in [0.25, 0.3) is 0 Å². The highest BCUT2D eigenvalue weighted by Gasteiger charge is 2.32. The van der Waals surface area contributed by atoms with E-state index in [4.69, 9.17) is 4.42 Å². The normalized spacial score (nSPS) is 28.6. The van der Waals surface area contributed by atoms with Gasteiger partial charge in [0.15, 0.2) is 0 Å². The van der Waals surface area contributed by atoms with Gasteiger partial charge >= 0.3 is 6.01 Å². The van der Waals surface area contributed by atoms with Gasteiger partial charge in [0.25, 0.3) is 0 Å². The van der Waals surface area contributed by atoms with Crippen molar-refractivity contribution < 1.29 is 4.42 Å². The van der Waals surface area contributed by atoms with E-state index in [0.717, 1.165) is 19.5 Å². The van der Waals surface area contributed by atoms with Gasteiger partial charge in [0.2, 0.25) is 5.89 Å². The Morgan fingerprint density at radius 3 is 2.80 bits per heavy atom. The molecular weight excluding hydrogens is 252 g/mol. The molecule has 1 saturated heterocycles. The Morgan fingerprint density at radius 2 is 2.10 bits per heavy atom. The van der Waals surface area contributed by atoms with Crippen molar-refractivity contribution in [3.05, 3.63) is 5.89 Å². The zero-order valence-corrected chi connectivity index (χ0v) is 13.4. The molecule has 0 amide bonds. The summed E-state index contributed by atoms with van der Waals surface area (Å²) in [5.74, 6) is 2.02. The highest BCUT2D eigenvalue weighted by molar-refractivity contribution is 5.28. The number of piperidine rings is 1. The van der Waals surface area contributed by atoms with E-state index < -0.39 is 0 Å². The van der Waals surface area contributed by atoms with Gasteiger partial charge in [-0.25, -0.2) is 0 Å². The Kier molecular flexibility index (Phi) is 5.02. The van der Waals surface area contributed by atoms with E-state index in [0.29, 0.717) is 29.8 Å². The summed E-state index contributed by atoms with van der Waals surface area (Å²) in [7, 11) is 0. The van der Waals surface area contributed by atoms with Crippen LogP contribution in [0.2, 0.25) is 0 Å². The lowest BCUT2D eigenvalue weighted by molar-refractivity contribution is 0.280. The van der Waals surface area contributed by atoms with Crippen LogP contribution in [0.1, 0.15) is 59.4 Å². The van der Waals surface area contributed by atoms with Gasteiger partial charge < -0.3 is 14.6 Å². The lowest BCUT2D eigenvalue weighted by atomic mass is 9.86. The lowest BCUT2D eigenvalue weighted by Gasteiger charge is -2.39. The quantitative estimate of drug-likeness (QED) is 0.898. The van der Waals surface area contributed by atoms with Crippen LogP contribution >= 0.6 is 0 Å². The fraction of sp³-hybridized carbons (Fsp3) is 0.867. The molecule has 5 nitrogen and oxygen atoms in total. The molecule has 4 atom stereocenters. The predicted octanol–water partition coefficient (Wildman–Crippen LogP) is 3.00. The van der Waals surface area contributed by atoms with Crippen LogP contribution in [-0.2, 0) is 0 Å². The molecule has 2 rings (SSSR count). The molecule has 1 fully saturated rings. The van der Waals surface area contributed by atoms with E-state index in [1.165, 1.54) is 6.42 Å². The monoisotopic (exact) mass is 280 g/mol. The number of aromatic nitrogens is 2. The molecular formula is C15H28N4O. The summed E-state index contributed by atoms with van der Waals surface area (Å²) in [4.78, 5) is 2.27. The predicted molar refractivity (Wildman–Crippen MR) is 80.8 cm³/mol. The van der Waals surface area contributed by atoms with E-state index in [-0.39, 0.29) is 6.04 Å². The summed E-state index contributed by atoms with van der Waals surface area (Å²) in [5, 5.41) is 11.8. The minimum Gasteiger partial charge on any atom is -0.406 e. The zero-order valence-electron chi connectivity index (χ0n) is 13.4. The van der Waals surface area contributed by atoms with Crippen LogP contribution < -0.4 is 10.2 Å². The molecule has 0 bridgehead atoms. The van der Waals surface area contributed by atoms with E-state index in [1.807, 2.05) is 0 Å². The maximum atomic E-state index is 5.89. The van der Waals surface area contributed by atoms with Gasteiger partial charge in [-0.15, -0.1) is 5.10 Å². The van der Waals surface area contributed by atoms with Crippen molar-refractivity contribution in [2.75, 3.05) is 18.0 Å². The molecule has 1 aromatic rings. The lowest BCUT2D eigenvalue weighted by Crippen LogP contribution is -2.46. The number of rotatable bonds is 5. The first kappa shape index (κ1) is 15.3. The molecule has 0 radical (unpaired) electrons. The highest BCUT2D eigenvalue weighted by Crippen LogP contribution is 2.31. The zero-order chi connectivity index (χ0) is 14.7. The first-order valence-electron chi connectivity index (χ1n) is 7.86. The third-order valence-electron chi connectivity index (χ3n) is 4.34. The number of hydrogen-bond acceptors (Lipinski definition) is 5. The Balaban J connectivity index is 2.07. The molecule has 20 heavy (non-hydrogen) atoms. The molecule has 1 aromatic heterocycles. The van der Waals surface area contributed by atoms with Gasteiger partial charge in [-0.1, -0.05) is 25.9 Å². The van der Waals surface area contributed by atoms with Gasteiger partial charge in [0.1, 0.15) is 0 Å². The van der Waals surface area contributed by atoms with Crippen molar-refractivity contribution in [1.82, 2.24) is 15.5 Å². The summed E-state index contributed by atoms with van der Waals surface area (Å²) in [6.45, 7) is 13.0. The Bertz CT molecular complexity index is 420. The molecule has 0 aliphatic carbocycles. The van der Waals surface area contributed by atoms with Crippen molar-refractivity contribution in [1.29, 1.82) is 0 Å². The number of hydrogen-bond donors (Lipinski definition) is 1. The standard InChI is InChI=1S/C15H28N4O/c1-6-7-16-12(4)14-17-18-15(20-14)19-9-10(2)8-11(3)13(19)5/h10-13,16H,6-9H2,1-5H3. The van der Waals surface area contributed by atoms with Crippen molar-refractivity contribution in [2.24, 2.45) is 11.8 Å². The molecule has 1 aliphatic heterocycles. The molecule has 2 heterocycles. The van der Waals surface area contributed by atoms with Crippen LogP contribution in [0, 0.1) is 11.8 Å². The van der Waals surface area contributed by atoms with Crippen LogP contribution in [0.5, 0.6) is 0 Å². The minimum atomic E-state index is 0.117. The molecule has 0 saturated carbocycles. The van der Waals surface area contributed by atoms with E-state index in [9.17, 15) is 0 Å². The van der Waals surface area contributed by atoms with Crippen LogP contribution in [0.3, 0.4) is 0 Å². The SMILES string of the molecule is CCCNC(C)c1nnc(N2CC(C)CC(C)C2C)o1. The van der Waals surface area contributed by atoms with Gasteiger partial charge in [0.05, 0.1) is 6.04 Å². The topological polar surface area (TPSA) is 54.2 Å².